The van der Waals surface area contributed by atoms with Gasteiger partial charge in [0.1, 0.15) is 0 Å². The van der Waals surface area contributed by atoms with Crippen LogP contribution in [0.5, 0.6) is 0 Å². The lowest BCUT2D eigenvalue weighted by atomic mass is 9.32. The Balaban J connectivity index is 1.11. The maximum Gasteiger partial charge on any atom is 0.252 e. The highest BCUT2D eigenvalue weighted by molar-refractivity contribution is 7.25. The van der Waals surface area contributed by atoms with Gasteiger partial charge in [-0.25, -0.2) is 0 Å². The fraction of sp³-hybridized carbons (Fsp3) is 0.432. The molecule has 7 aliphatic rings. The van der Waals surface area contributed by atoms with E-state index < -0.39 is 0 Å². The van der Waals surface area contributed by atoms with E-state index in [0.29, 0.717) is 0 Å². The largest absolute Gasteiger partial charge is 0.334 e. The van der Waals surface area contributed by atoms with Gasteiger partial charge in [-0.2, -0.15) is 0 Å². The zero-order valence-corrected chi connectivity index (χ0v) is 50.8. The van der Waals surface area contributed by atoms with Gasteiger partial charge in [-0.15, -0.1) is 11.3 Å². The number of rotatable bonds is 3. The molecule has 15 rings (SSSR count). The normalized spacial score (nSPS) is 24.7. The number of fused-ring (bicyclic) bond motifs is 13. The van der Waals surface area contributed by atoms with Crippen LogP contribution in [0.25, 0.3) is 20.2 Å². The van der Waals surface area contributed by atoms with Crippen molar-refractivity contribution in [3.63, 3.8) is 0 Å². The number of nitrogens with zero attached hydrogens (tertiary/aromatic N) is 3. The summed E-state index contributed by atoms with van der Waals surface area (Å²) in [4.78, 5) is 8.44. The van der Waals surface area contributed by atoms with Gasteiger partial charge in [0.25, 0.3) is 6.71 Å². The van der Waals surface area contributed by atoms with E-state index in [1.165, 1.54) is 179 Å². The third-order valence-corrected chi connectivity index (χ3v) is 24.1. The number of thiophene rings is 1. The Morgan fingerprint density at radius 3 is 1.42 bits per heavy atom. The summed E-state index contributed by atoms with van der Waals surface area (Å²) in [5.74, 6) is 0. The number of hydrogen-bond donors (Lipinski definition) is 0. The van der Waals surface area contributed by atoms with Crippen LogP contribution in [-0.2, 0) is 37.9 Å². The van der Waals surface area contributed by atoms with Gasteiger partial charge in [0.05, 0.1) is 5.54 Å². The van der Waals surface area contributed by atoms with Crippen molar-refractivity contribution in [3.8, 4) is 0 Å². The van der Waals surface area contributed by atoms with Crippen LogP contribution in [0.4, 0.5) is 45.5 Å². The molecule has 402 valence electrons. The average Bonchev–Trinajstić information content (AvgIpc) is 2.91. The molecular formula is C74H82BN3S. The van der Waals surface area contributed by atoms with Crippen molar-refractivity contribution in [2.24, 2.45) is 0 Å². The molecule has 4 heterocycles. The summed E-state index contributed by atoms with van der Waals surface area (Å²) in [6.45, 7) is 35.4. The standard InChI is InChI=1S/C74H82BN3S/c1-67(2)31-32-68(3,4)52-38-46(25-27-50(52)67)77-61-44-56-54(70(7,8)34-36-72(56,11)12)42-58(61)75-57-41-53-55(71(9,10)35-33-69(53,5)6)43-60(57)76(45-26-28-65-49(37-45)48-21-15-18-24-64(48)79-65)62-39-47(40-63(77)66(62)75)78-59-23-17-16-22-51(59)73(13)29-19-20-30-74(73,78)14/h15-18,21-28,37-44H,19-20,29-36H2,1-14H3. The van der Waals surface area contributed by atoms with Gasteiger partial charge in [0.15, 0.2) is 0 Å². The summed E-state index contributed by atoms with van der Waals surface area (Å²) in [5.41, 5.74) is 25.7. The van der Waals surface area contributed by atoms with Gasteiger partial charge in [0.2, 0.25) is 0 Å². The second-order valence-electron chi connectivity index (χ2n) is 30.4. The van der Waals surface area contributed by atoms with Crippen LogP contribution >= 0.6 is 11.3 Å². The molecule has 5 heteroatoms. The Bertz CT molecular complexity index is 3960. The maximum atomic E-state index is 2.86. The summed E-state index contributed by atoms with van der Waals surface area (Å²) >= 11 is 1.92. The quantitative estimate of drug-likeness (QED) is 0.163. The van der Waals surface area contributed by atoms with Crippen molar-refractivity contribution >= 4 is 100 Å². The van der Waals surface area contributed by atoms with E-state index in [0.717, 1.165) is 6.42 Å². The van der Waals surface area contributed by atoms with Crippen LogP contribution in [0.15, 0.2) is 121 Å². The van der Waals surface area contributed by atoms with Crippen LogP contribution in [0.2, 0.25) is 0 Å². The fourth-order valence-corrected chi connectivity index (χ4v) is 18.5. The highest BCUT2D eigenvalue weighted by Crippen LogP contribution is 2.63. The van der Waals surface area contributed by atoms with Crippen molar-refractivity contribution in [1.29, 1.82) is 0 Å². The Morgan fingerprint density at radius 2 is 0.823 bits per heavy atom. The highest BCUT2D eigenvalue weighted by atomic mass is 32.1. The van der Waals surface area contributed by atoms with Crippen molar-refractivity contribution in [2.75, 3.05) is 14.7 Å². The monoisotopic (exact) mass is 1060 g/mol. The predicted molar refractivity (Wildman–Crippen MR) is 342 cm³/mol. The molecule has 4 aliphatic carbocycles. The molecule has 0 radical (unpaired) electrons. The minimum atomic E-state index is -0.122. The highest BCUT2D eigenvalue weighted by Gasteiger charge is 2.58. The Kier molecular flexibility index (Phi) is 10.2. The lowest BCUT2D eigenvalue weighted by Gasteiger charge is -2.52. The SMILES string of the molecule is CC1(C)CCC(C)(C)c2cc(N3c4cc5c(cc4B4c6cc7c(cc6N(c6ccc8sc9ccccc9c8c6)c6cc(N8c9ccccc9C9(C)CCCCC89C)cc3c64)C(C)(C)CCC7(C)C)C(C)(C)CCC5(C)C)ccc21. The first-order chi connectivity index (χ1) is 37.3. The summed E-state index contributed by atoms with van der Waals surface area (Å²) < 4.78 is 2.69. The number of benzene rings is 7. The maximum absolute atomic E-state index is 2.86. The molecule has 0 saturated heterocycles. The lowest BCUT2D eigenvalue weighted by molar-refractivity contribution is 0.195. The smallest absolute Gasteiger partial charge is 0.252 e. The first-order valence-electron chi connectivity index (χ1n) is 30.5. The van der Waals surface area contributed by atoms with E-state index in [4.69, 9.17) is 0 Å². The van der Waals surface area contributed by atoms with E-state index in [1.807, 2.05) is 11.3 Å². The third kappa shape index (κ3) is 6.78. The van der Waals surface area contributed by atoms with Crippen LogP contribution < -0.4 is 31.1 Å². The van der Waals surface area contributed by atoms with E-state index >= 15 is 0 Å². The first kappa shape index (κ1) is 50.2. The average molecular weight is 1060 g/mol. The van der Waals surface area contributed by atoms with E-state index in [2.05, 4.69) is 233 Å². The van der Waals surface area contributed by atoms with Gasteiger partial charge in [-0.1, -0.05) is 157 Å². The molecule has 2 unspecified atom stereocenters. The minimum absolute atomic E-state index is 0.00685. The van der Waals surface area contributed by atoms with Crippen LogP contribution in [0.1, 0.15) is 200 Å². The number of para-hydroxylation sites is 1. The molecule has 79 heavy (non-hydrogen) atoms. The third-order valence-electron chi connectivity index (χ3n) is 23.0. The number of anilines is 8. The van der Waals surface area contributed by atoms with Gasteiger partial charge in [-0.3, -0.25) is 0 Å². The molecule has 0 amide bonds. The van der Waals surface area contributed by atoms with E-state index in [-0.39, 0.29) is 50.2 Å². The summed E-state index contributed by atoms with van der Waals surface area (Å²) in [5, 5.41) is 2.68. The molecule has 1 saturated carbocycles. The van der Waals surface area contributed by atoms with Crippen molar-refractivity contribution in [3.05, 3.63) is 160 Å². The van der Waals surface area contributed by atoms with Crippen molar-refractivity contribution in [1.82, 2.24) is 0 Å². The molecule has 1 aromatic heterocycles. The zero-order chi connectivity index (χ0) is 54.9. The summed E-state index contributed by atoms with van der Waals surface area (Å²) in [6, 6.07) is 50.1. The molecule has 3 nitrogen and oxygen atoms in total. The van der Waals surface area contributed by atoms with Gasteiger partial charge in [-0.05, 0) is 213 Å². The molecule has 0 bridgehead atoms. The van der Waals surface area contributed by atoms with Crippen LogP contribution in [-0.4, -0.2) is 12.3 Å². The van der Waals surface area contributed by atoms with Crippen LogP contribution in [0.3, 0.4) is 0 Å². The second-order valence-corrected chi connectivity index (χ2v) is 31.5. The fourth-order valence-electron chi connectivity index (χ4n) is 17.5. The first-order valence-corrected chi connectivity index (χ1v) is 31.3. The van der Waals surface area contributed by atoms with E-state index in [1.54, 1.807) is 0 Å². The summed E-state index contributed by atoms with van der Waals surface area (Å²) in [6.07, 6.45) is 11.9. The van der Waals surface area contributed by atoms with Gasteiger partial charge >= 0.3 is 0 Å². The topological polar surface area (TPSA) is 9.72 Å². The molecule has 0 N–H and O–H groups in total. The van der Waals surface area contributed by atoms with Crippen LogP contribution in [0, 0.1) is 0 Å². The molecule has 7 aromatic carbocycles. The Hall–Kier alpha value is -5.78. The molecule has 8 aromatic rings. The Morgan fingerprint density at radius 1 is 0.354 bits per heavy atom. The van der Waals surface area contributed by atoms with Crippen molar-refractivity contribution < 1.29 is 0 Å². The molecule has 1 fully saturated rings. The summed E-state index contributed by atoms with van der Waals surface area (Å²) in [7, 11) is 0. The Labute approximate surface area is 476 Å². The van der Waals surface area contributed by atoms with E-state index in [9.17, 15) is 0 Å². The predicted octanol–water partition coefficient (Wildman–Crippen LogP) is 18.9. The molecule has 2 atom stereocenters. The molecule has 3 aliphatic heterocycles. The van der Waals surface area contributed by atoms with Gasteiger partial charge in [0, 0.05) is 71.1 Å². The second kappa shape index (κ2) is 16.0. The lowest BCUT2D eigenvalue weighted by Crippen LogP contribution is -2.62. The van der Waals surface area contributed by atoms with Gasteiger partial charge < -0.3 is 14.7 Å². The minimum Gasteiger partial charge on any atom is -0.334 e. The van der Waals surface area contributed by atoms with Crippen molar-refractivity contribution in [2.45, 2.75) is 205 Å². The zero-order valence-electron chi connectivity index (χ0n) is 49.9. The molecular weight excluding hydrogens is 974 g/mol. The molecule has 0 spiro atoms. The number of hydrogen-bond acceptors (Lipinski definition) is 4.